The lowest BCUT2D eigenvalue weighted by Crippen LogP contribution is -2.01. The normalized spacial score (nSPS) is 10.5. The van der Waals surface area contributed by atoms with Crippen LogP contribution in [0, 0.1) is 0 Å². The van der Waals surface area contributed by atoms with Crippen LogP contribution in [0.5, 0.6) is 0 Å². The van der Waals surface area contributed by atoms with Gasteiger partial charge in [-0.05, 0) is 58.5 Å². The third kappa shape index (κ3) is 4.03. The number of hydrogen-bond donors (Lipinski definition) is 2. The van der Waals surface area contributed by atoms with Crippen LogP contribution in [-0.2, 0) is 16.0 Å². The Balaban J connectivity index is 1.92. The predicted molar refractivity (Wildman–Crippen MR) is 106 cm³/mol. The molecule has 4 heteroatoms. The van der Waals surface area contributed by atoms with E-state index in [1.165, 1.54) is 7.11 Å². The van der Waals surface area contributed by atoms with Crippen molar-refractivity contribution >= 4 is 17.3 Å². The standard InChI is InChI=1S/C22H22N2O2/c1-26-22(25)13-4-15-2-5-17(6-3-15)21-14-19(24)11-12-20(21)16-7-9-18(23)10-8-16/h2-3,5-12,14H,4,13,23-24H2,1H3. The van der Waals surface area contributed by atoms with Gasteiger partial charge in [-0.2, -0.15) is 0 Å². The molecule has 0 aliphatic rings. The van der Waals surface area contributed by atoms with Gasteiger partial charge in [-0.25, -0.2) is 0 Å². The zero-order valence-electron chi connectivity index (χ0n) is 14.7. The van der Waals surface area contributed by atoms with E-state index in [2.05, 4.69) is 16.9 Å². The Morgan fingerprint density at radius 2 is 1.38 bits per heavy atom. The number of hydrogen-bond acceptors (Lipinski definition) is 4. The maximum Gasteiger partial charge on any atom is 0.305 e. The third-order valence-electron chi connectivity index (χ3n) is 4.38. The van der Waals surface area contributed by atoms with E-state index in [0.717, 1.165) is 33.5 Å². The van der Waals surface area contributed by atoms with Gasteiger partial charge in [0.15, 0.2) is 0 Å². The van der Waals surface area contributed by atoms with E-state index >= 15 is 0 Å². The summed E-state index contributed by atoms with van der Waals surface area (Å²) < 4.78 is 4.69. The average Bonchev–Trinajstić information content (AvgIpc) is 2.67. The lowest BCUT2D eigenvalue weighted by atomic mass is 9.93. The fourth-order valence-corrected chi connectivity index (χ4v) is 2.91. The minimum absolute atomic E-state index is 0.199. The van der Waals surface area contributed by atoms with E-state index < -0.39 is 0 Å². The highest BCUT2D eigenvalue weighted by molar-refractivity contribution is 5.86. The molecule has 4 nitrogen and oxygen atoms in total. The van der Waals surface area contributed by atoms with Crippen LogP contribution in [0.25, 0.3) is 22.3 Å². The molecule has 0 aliphatic heterocycles. The highest BCUT2D eigenvalue weighted by atomic mass is 16.5. The summed E-state index contributed by atoms with van der Waals surface area (Å²) in [5.74, 6) is -0.199. The molecule has 0 aromatic heterocycles. The number of nitrogen functional groups attached to an aromatic ring is 2. The lowest BCUT2D eigenvalue weighted by molar-refractivity contribution is -0.140. The summed E-state index contributed by atoms with van der Waals surface area (Å²) >= 11 is 0. The number of nitrogens with two attached hydrogens (primary N) is 2. The van der Waals surface area contributed by atoms with Crippen LogP contribution in [0.4, 0.5) is 11.4 Å². The molecule has 3 aromatic carbocycles. The zero-order chi connectivity index (χ0) is 18.5. The zero-order valence-corrected chi connectivity index (χ0v) is 14.7. The molecule has 132 valence electrons. The molecule has 26 heavy (non-hydrogen) atoms. The number of carbonyl (C=O) groups excluding carboxylic acids is 1. The van der Waals surface area contributed by atoms with E-state index in [0.29, 0.717) is 18.5 Å². The van der Waals surface area contributed by atoms with E-state index in [1.54, 1.807) is 0 Å². The fraction of sp³-hybridized carbons (Fsp3) is 0.136. The van der Waals surface area contributed by atoms with Gasteiger partial charge in [0.2, 0.25) is 0 Å². The minimum atomic E-state index is -0.199. The molecule has 0 unspecified atom stereocenters. The molecule has 0 aliphatic carbocycles. The lowest BCUT2D eigenvalue weighted by Gasteiger charge is -2.12. The number of aryl methyl sites for hydroxylation is 1. The average molecular weight is 346 g/mol. The first-order valence-electron chi connectivity index (χ1n) is 8.48. The number of carbonyl (C=O) groups is 1. The summed E-state index contributed by atoms with van der Waals surface area (Å²) in [6, 6.07) is 21.9. The van der Waals surface area contributed by atoms with Gasteiger partial charge in [-0.3, -0.25) is 4.79 Å². The fourth-order valence-electron chi connectivity index (χ4n) is 2.91. The van der Waals surface area contributed by atoms with Gasteiger partial charge in [-0.1, -0.05) is 42.5 Å². The summed E-state index contributed by atoms with van der Waals surface area (Å²) in [6.45, 7) is 0. The summed E-state index contributed by atoms with van der Waals surface area (Å²) in [4.78, 5) is 11.3. The predicted octanol–water partition coefficient (Wildman–Crippen LogP) is 4.29. The van der Waals surface area contributed by atoms with Gasteiger partial charge >= 0.3 is 5.97 Å². The second kappa shape index (κ2) is 7.74. The molecule has 3 aromatic rings. The monoisotopic (exact) mass is 346 g/mol. The quantitative estimate of drug-likeness (QED) is 0.533. The van der Waals surface area contributed by atoms with Crippen molar-refractivity contribution in [2.24, 2.45) is 0 Å². The Bertz CT molecular complexity index is 900. The molecular formula is C22H22N2O2. The molecule has 0 bridgehead atoms. The van der Waals surface area contributed by atoms with Crippen molar-refractivity contribution in [3.8, 4) is 22.3 Å². The van der Waals surface area contributed by atoms with E-state index in [9.17, 15) is 4.79 Å². The van der Waals surface area contributed by atoms with Crippen LogP contribution >= 0.6 is 0 Å². The van der Waals surface area contributed by atoms with Gasteiger partial charge in [-0.15, -0.1) is 0 Å². The molecule has 0 amide bonds. The maximum atomic E-state index is 11.3. The molecule has 3 rings (SSSR count). The smallest absolute Gasteiger partial charge is 0.305 e. The van der Waals surface area contributed by atoms with Crippen molar-refractivity contribution in [2.75, 3.05) is 18.6 Å². The van der Waals surface area contributed by atoms with Gasteiger partial charge < -0.3 is 16.2 Å². The minimum Gasteiger partial charge on any atom is -0.469 e. The second-order valence-corrected chi connectivity index (χ2v) is 6.20. The number of anilines is 2. The van der Waals surface area contributed by atoms with Crippen molar-refractivity contribution < 1.29 is 9.53 Å². The van der Waals surface area contributed by atoms with Gasteiger partial charge in [0.25, 0.3) is 0 Å². The van der Waals surface area contributed by atoms with Gasteiger partial charge in [0.05, 0.1) is 7.11 Å². The molecule has 0 fully saturated rings. The number of ether oxygens (including phenoxy) is 1. The van der Waals surface area contributed by atoms with Crippen LogP contribution in [0.1, 0.15) is 12.0 Å². The van der Waals surface area contributed by atoms with Crippen LogP contribution in [0.15, 0.2) is 66.7 Å². The SMILES string of the molecule is COC(=O)CCc1ccc(-c2cc(N)ccc2-c2ccc(N)cc2)cc1. The first kappa shape index (κ1) is 17.5. The van der Waals surface area contributed by atoms with Crippen LogP contribution < -0.4 is 11.5 Å². The molecule has 0 saturated carbocycles. The number of esters is 1. The Morgan fingerprint density at radius 1 is 0.808 bits per heavy atom. The maximum absolute atomic E-state index is 11.3. The van der Waals surface area contributed by atoms with E-state index in [-0.39, 0.29) is 5.97 Å². The van der Waals surface area contributed by atoms with Crippen molar-refractivity contribution in [3.05, 3.63) is 72.3 Å². The second-order valence-electron chi connectivity index (χ2n) is 6.20. The van der Waals surface area contributed by atoms with Crippen molar-refractivity contribution in [3.63, 3.8) is 0 Å². The van der Waals surface area contributed by atoms with Crippen LogP contribution in [0.2, 0.25) is 0 Å². The number of rotatable bonds is 5. The van der Waals surface area contributed by atoms with E-state index in [4.69, 9.17) is 11.5 Å². The van der Waals surface area contributed by atoms with E-state index in [1.807, 2.05) is 54.6 Å². The summed E-state index contributed by atoms with van der Waals surface area (Å²) in [5.41, 5.74) is 18.7. The molecule has 0 heterocycles. The highest BCUT2D eigenvalue weighted by Gasteiger charge is 2.09. The van der Waals surface area contributed by atoms with Gasteiger partial charge in [0.1, 0.15) is 0 Å². The van der Waals surface area contributed by atoms with Gasteiger partial charge in [0, 0.05) is 17.8 Å². The molecule has 0 saturated heterocycles. The highest BCUT2D eigenvalue weighted by Crippen LogP contribution is 2.34. The molecule has 0 atom stereocenters. The number of methoxy groups -OCH3 is 1. The number of benzene rings is 3. The first-order valence-corrected chi connectivity index (χ1v) is 8.48. The third-order valence-corrected chi connectivity index (χ3v) is 4.38. The molecular weight excluding hydrogens is 324 g/mol. The van der Waals surface area contributed by atoms with Crippen molar-refractivity contribution in [2.45, 2.75) is 12.8 Å². The largest absolute Gasteiger partial charge is 0.469 e. The Labute approximate surface area is 153 Å². The Morgan fingerprint density at radius 3 is 2.04 bits per heavy atom. The van der Waals surface area contributed by atoms with Crippen molar-refractivity contribution in [1.82, 2.24) is 0 Å². The van der Waals surface area contributed by atoms with Crippen LogP contribution in [-0.4, -0.2) is 13.1 Å². The first-order chi connectivity index (χ1) is 12.6. The summed E-state index contributed by atoms with van der Waals surface area (Å²) in [7, 11) is 1.41. The molecule has 0 spiro atoms. The van der Waals surface area contributed by atoms with Crippen LogP contribution in [0.3, 0.4) is 0 Å². The van der Waals surface area contributed by atoms with Crippen molar-refractivity contribution in [1.29, 1.82) is 0 Å². The summed E-state index contributed by atoms with van der Waals surface area (Å²) in [6.07, 6.45) is 1.04. The molecule has 0 radical (unpaired) electrons. The summed E-state index contributed by atoms with van der Waals surface area (Å²) in [5, 5.41) is 0. The molecule has 4 N–H and O–H groups in total. The Kier molecular flexibility index (Phi) is 5.23. The Hall–Kier alpha value is -3.27. The topological polar surface area (TPSA) is 78.3 Å².